The third-order valence-corrected chi connectivity index (χ3v) is 4.68. The van der Waals surface area contributed by atoms with E-state index in [1.807, 2.05) is 0 Å². The SMILES string of the molecule is CCCc1ccc(C(NN)c2cc(I)ccc2Br)cc1. The molecule has 0 spiro atoms. The molecule has 4 heteroatoms. The number of halogens is 2. The highest BCUT2D eigenvalue weighted by Crippen LogP contribution is 2.29. The van der Waals surface area contributed by atoms with Gasteiger partial charge in [0.05, 0.1) is 6.04 Å². The average Bonchev–Trinajstić information content (AvgIpc) is 2.45. The number of rotatable bonds is 5. The molecule has 0 amide bonds. The number of hydrogen-bond donors (Lipinski definition) is 2. The Morgan fingerprint density at radius 2 is 1.90 bits per heavy atom. The Hall–Kier alpha value is -0.430. The number of hydrazine groups is 1. The second kappa shape index (κ2) is 7.54. The molecular weight excluding hydrogens is 427 g/mol. The fraction of sp³-hybridized carbons (Fsp3) is 0.250. The van der Waals surface area contributed by atoms with Crippen LogP contribution in [0.25, 0.3) is 0 Å². The first kappa shape index (κ1) is 15.9. The molecule has 0 aliphatic carbocycles. The maximum Gasteiger partial charge on any atom is 0.0721 e. The molecule has 1 unspecified atom stereocenters. The predicted octanol–water partition coefficient (Wildman–Crippen LogP) is 4.56. The largest absolute Gasteiger partial charge is 0.271 e. The number of nitrogens with one attached hydrogen (secondary N) is 1. The van der Waals surface area contributed by atoms with Crippen LogP contribution in [0, 0.1) is 3.57 Å². The zero-order chi connectivity index (χ0) is 14.5. The van der Waals surface area contributed by atoms with Crippen LogP contribution in [0.15, 0.2) is 46.9 Å². The van der Waals surface area contributed by atoms with E-state index < -0.39 is 0 Å². The molecule has 20 heavy (non-hydrogen) atoms. The molecule has 2 rings (SSSR count). The van der Waals surface area contributed by atoms with Crippen LogP contribution in [0.1, 0.15) is 36.1 Å². The lowest BCUT2D eigenvalue weighted by molar-refractivity contribution is 0.634. The van der Waals surface area contributed by atoms with Gasteiger partial charge in [0.15, 0.2) is 0 Å². The van der Waals surface area contributed by atoms with E-state index in [1.165, 1.54) is 21.1 Å². The average molecular weight is 445 g/mol. The minimum Gasteiger partial charge on any atom is -0.271 e. The number of nitrogens with two attached hydrogens (primary N) is 1. The second-order valence-corrected chi connectivity index (χ2v) is 6.86. The van der Waals surface area contributed by atoms with E-state index in [9.17, 15) is 0 Å². The summed E-state index contributed by atoms with van der Waals surface area (Å²) in [4.78, 5) is 0. The van der Waals surface area contributed by atoms with Gasteiger partial charge in [0.2, 0.25) is 0 Å². The van der Waals surface area contributed by atoms with Crippen LogP contribution in [0.3, 0.4) is 0 Å². The van der Waals surface area contributed by atoms with Crippen molar-refractivity contribution in [2.45, 2.75) is 25.8 Å². The summed E-state index contributed by atoms with van der Waals surface area (Å²) in [6, 6.07) is 15.0. The Bertz CT molecular complexity index is 569. The second-order valence-electron chi connectivity index (χ2n) is 4.76. The van der Waals surface area contributed by atoms with Gasteiger partial charge in [-0.05, 0) is 63.9 Å². The topological polar surface area (TPSA) is 38.0 Å². The Morgan fingerprint density at radius 3 is 2.50 bits per heavy atom. The van der Waals surface area contributed by atoms with Crippen molar-refractivity contribution in [3.63, 3.8) is 0 Å². The summed E-state index contributed by atoms with van der Waals surface area (Å²) < 4.78 is 2.27. The quantitative estimate of drug-likeness (QED) is 0.403. The Balaban J connectivity index is 2.34. The third kappa shape index (κ3) is 3.81. The summed E-state index contributed by atoms with van der Waals surface area (Å²) in [6.45, 7) is 2.20. The van der Waals surface area contributed by atoms with E-state index in [2.05, 4.69) is 93.3 Å². The van der Waals surface area contributed by atoms with Gasteiger partial charge in [0, 0.05) is 8.04 Å². The van der Waals surface area contributed by atoms with Crippen molar-refractivity contribution in [3.05, 3.63) is 67.2 Å². The lowest BCUT2D eigenvalue weighted by atomic mass is 9.97. The van der Waals surface area contributed by atoms with Gasteiger partial charge >= 0.3 is 0 Å². The van der Waals surface area contributed by atoms with E-state index in [4.69, 9.17) is 5.84 Å². The molecule has 0 radical (unpaired) electrons. The minimum atomic E-state index is -0.00484. The molecule has 0 heterocycles. The lowest BCUT2D eigenvalue weighted by Gasteiger charge is -2.19. The van der Waals surface area contributed by atoms with Gasteiger partial charge in [-0.25, -0.2) is 5.43 Å². The van der Waals surface area contributed by atoms with Gasteiger partial charge in [-0.3, -0.25) is 5.84 Å². The van der Waals surface area contributed by atoms with Gasteiger partial charge < -0.3 is 0 Å². The van der Waals surface area contributed by atoms with Crippen molar-refractivity contribution in [2.24, 2.45) is 5.84 Å². The summed E-state index contributed by atoms with van der Waals surface area (Å²) in [6.07, 6.45) is 2.29. The molecule has 0 aromatic heterocycles. The molecule has 2 aromatic rings. The van der Waals surface area contributed by atoms with Crippen LogP contribution in [0.2, 0.25) is 0 Å². The summed E-state index contributed by atoms with van der Waals surface area (Å²) in [5, 5.41) is 0. The first-order valence-electron chi connectivity index (χ1n) is 6.65. The monoisotopic (exact) mass is 444 g/mol. The van der Waals surface area contributed by atoms with E-state index in [0.29, 0.717) is 0 Å². The Morgan fingerprint density at radius 1 is 1.20 bits per heavy atom. The van der Waals surface area contributed by atoms with Crippen molar-refractivity contribution in [1.29, 1.82) is 0 Å². The molecule has 0 aliphatic rings. The number of hydrogen-bond acceptors (Lipinski definition) is 2. The fourth-order valence-electron chi connectivity index (χ4n) is 2.27. The maximum absolute atomic E-state index is 5.78. The molecule has 0 saturated heterocycles. The third-order valence-electron chi connectivity index (χ3n) is 3.29. The van der Waals surface area contributed by atoms with Crippen LogP contribution in [0.5, 0.6) is 0 Å². The standard InChI is InChI=1S/C16H18BrIN2/c1-2-3-11-4-6-12(7-5-11)16(20-19)14-10-13(18)8-9-15(14)17/h4-10,16,20H,2-3,19H2,1H3. The highest BCUT2D eigenvalue weighted by molar-refractivity contribution is 14.1. The van der Waals surface area contributed by atoms with Crippen LogP contribution in [-0.2, 0) is 6.42 Å². The highest BCUT2D eigenvalue weighted by Gasteiger charge is 2.15. The molecule has 3 N–H and O–H groups in total. The van der Waals surface area contributed by atoms with Crippen molar-refractivity contribution >= 4 is 38.5 Å². The van der Waals surface area contributed by atoms with E-state index in [0.717, 1.165) is 16.5 Å². The summed E-state index contributed by atoms with van der Waals surface area (Å²) in [7, 11) is 0. The summed E-state index contributed by atoms with van der Waals surface area (Å²) >= 11 is 5.93. The first-order chi connectivity index (χ1) is 9.65. The van der Waals surface area contributed by atoms with Gasteiger partial charge in [-0.15, -0.1) is 0 Å². The normalized spacial score (nSPS) is 12.4. The Labute approximate surface area is 142 Å². The molecule has 2 nitrogen and oxygen atoms in total. The number of benzene rings is 2. The number of aryl methyl sites for hydroxylation is 1. The van der Waals surface area contributed by atoms with E-state index in [1.54, 1.807) is 0 Å². The van der Waals surface area contributed by atoms with E-state index in [-0.39, 0.29) is 6.04 Å². The molecule has 1 atom stereocenters. The van der Waals surface area contributed by atoms with E-state index >= 15 is 0 Å². The first-order valence-corrected chi connectivity index (χ1v) is 8.52. The van der Waals surface area contributed by atoms with Gasteiger partial charge in [-0.2, -0.15) is 0 Å². The zero-order valence-electron chi connectivity index (χ0n) is 11.4. The van der Waals surface area contributed by atoms with Crippen molar-refractivity contribution in [1.82, 2.24) is 5.43 Å². The van der Waals surface area contributed by atoms with Gasteiger partial charge in [-0.1, -0.05) is 53.5 Å². The van der Waals surface area contributed by atoms with Gasteiger partial charge in [0.25, 0.3) is 0 Å². The van der Waals surface area contributed by atoms with Crippen molar-refractivity contribution in [2.75, 3.05) is 0 Å². The van der Waals surface area contributed by atoms with Crippen LogP contribution < -0.4 is 11.3 Å². The van der Waals surface area contributed by atoms with Crippen LogP contribution in [-0.4, -0.2) is 0 Å². The molecular formula is C16H18BrIN2. The van der Waals surface area contributed by atoms with Gasteiger partial charge in [0.1, 0.15) is 0 Å². The van der Waals surface area contributed by atoms with Crippen molar-refractivity contribution in [3.8, 4) is 0 Å². The zero-order valence-corrected chi connectivity index (χ0v) is 15.1. The predicted molar refractivity (Wildman–Crippen MR) is 96.5 cm³/mol. The van der Waals surface area contributed by atoms with Crippen LogP contribution in [0.4, 0.5) is 0 Å². The molecule has 0 bridgehead atoms. The highest BCUT2D eigenvalue weighted by atomic mass is 127. The summed E-state index contributed by atoms with van der Waals surface area (Å²) in [5.41, 5.74) is 6.62. The Kier molecular flexibility index (Phi) is 6.01. The molecule has 2 aromatic carbocycles. The smallest absolute Gasteiger partial charge is 0.0721 e. The fourth-order valence-corrected chi connectivity index (χ4v) is 3.26. The maximum atomic E-state index is 5.78. The summed E-state index contributed by atoms with van der Waals surface area (Å²) in [5.74, 6) is 5.78. The van der Waals surface area contributed by atoms with Crippen LogP contribution >= 0.6 is 38.5 Å². The lowest BCUT2D eigenvalue weighted by Crippen LogP contribution is -2.29. The minimum absolute atomic E-state index is 0.00484. The molecule has 0 fully saturated rings. The molecule has 106 valence electrons. The molecule has 0 aliphatic heterocycles. The molecule has 0 saturated carbocycles. The van der Waals surface area contributed by atoms with Crippen molar-refractivity contribution < 1.29 is 0 Å².